The fraction of sp³-hybridized carbons (Fsp3) is 0.348. The Labute approximate surface area is 155 Å². The number of rotatable bonds is 5. The van der Waals surface area contributed by atoms with Crippen molar-refractivity contribution in [3.05, 3.63) is 78.0 Å². The number of piperidine rings is 1. The van der Waals surface area contributed by atoms with Crippen LogP contribution in [0.25, 0.3) is 10.9 Å². The SMILES string of the molecule is c1ccc(C23CCN(C2)C(CNCc2ccc4ccccc4n2)C3)cc1. The first-order chi connectivity index (χ1) is 12.8. The molecule has 3 atom stereocenters. The summed E-state index contributed by atoms with van der Waals surface area (Å²) in [6.07, 6.45) is 2.58. The molecule has 2 aliphatic heterocycles. The van der Waals surface area contributed by atoms with Crippen molar-refractivity contribution in [3.8, 4) is 0 Å². The molecule has 26 heavy (non-hydrogen) atoms. The van der Waals surface area contributed by atoms with E-state index >= 15 is 0 Å². The number of pyridine rings is 1. The quantitative estimate of drug-likeness (QED) is 0.765. The largest absolute Gasteiger partial charge is 0.310 e. The van der Waals surface area contributed by atoms with Gasteiger partial charge in [0.2, 0.25) is 0 Å². The molecule has 132 valence electrons. The molecule has 3 nitrogen and oxygen atoms in total. The molecule has 0 radical (unpaired) electrons. The maximum absolute atomic E-state index is 4.77. The van der Waals surface area contributed by atoms with Gasteiger partial charge in [-0.3, -0.25) is 9.88 Å². The Morgan fingerprint density at radius 2 is 1.85 bits per heavy atom. The van der Waals surface area contributed by atoms with Gasteiger partial charge in [-0.15, -0.1) is 0 Å². The molecule has 0 saturated carbocycles. The van der Waals surface area contributed by atoms with Crippen LogP contribution in [0.15, 0.2) is 66.7 Å². The van der Waals surface area contributed by atoms with Gasteiger partial charge in [-0.25, -0.2) is 0 Å². The first kappa shape index (κ1) is 16.0. The van der Waals surface area contributed by atoms with Gasteiger partial charge in [0.05, 0.1) is 11.2 Å². The molecule has 0 aliphatic carbocycles. The van der Waals surface area contributed by atoms with Crippen molar-refractivity contribution in [2.24, 2.45) is 0 Å². The number of hydrogen-bond acceptors (Lipinski definition) is 3. The lowest BCUT2D eigenvalue weighted by Crippen LogP contribution is -2.39. The summed E-state index contributed by atoms with van der Waals surface area (Å²) in [6, 6.07) is 24.4. The summed E-state index contributed by atoms with van der Waals surface area (Å²) >= 11 is 0. The summed E-state index contributed by atoms with van der Waals surface area (Å²) in [7, 11) is 0. The summed E-state index contributed by atoms with van der Waals surface area (Å²) in [5.41, 5.74) is 4.12. The van der Waals surface area contributed by atoms with Crippen LogP contribution in [0.4, 0.5) is 0 Å². The molecule has 5 rings (SSSR count). The maximum Gasteiger partial charge on any atom is 0.0705 e. The van der Waals surface area contributed by atoms with Crippen LogP contribution in [0.3, 0.4) is 0 Å². The molecule has 0 spiro atoms. The molecule has 0 amide bonds. The minimum absolute atomic E-state index is 0.384. The molecule has 2 aliphatic rings. The molecular formula is C23H25N3. The van der Waals surface area contributed by atoms with Crippen molar-refractivity contribution in [2.45, 2.75) is 30.8 Å². The molecule has 2 aromatic carbocycles. The lowest BCUT2D eigenvalue weighted by molar-refractivity contribution is 0.250. The predicted molar refractivity (Wildman–Crippen MR) is 106 cm³/mol. The highest BCUT2D eigenvalue weighted by molar-refractivity contribution is 5.78. The lowest BCUT2D eigenvalue weighted by atomic mass is 9.76. The summed E-state index contributed by atoms with van der Waals surface area (Å²) < 4.78 is 0. The van der Waals surface area contributed by atoms with E-state index in [1.807, 2.05) is 0 Å². The molecule has 3 aromatic rings. The van der Waals surface area contributed by atoms with Crippen LogP contribution in [-0.2, 0) is 12.0 Å². The lowest BCUT2D eigenvalue weighted by Gasteiger charge is -2.30. The Hall–Kier alpha value is -2.23. The predicted octanol–water partition coefficient (Wildman–Crippen LogP) is 3.74. The zero-order valence-electron chi connectivity index (χ0n) is 15.1. The van der Waals surface area contributed by atoms with Crippen molar-refractivity contribution in [2.75, 3.05) is 19.6 Å². The maximum atomic E-state index is 4.77. The van der Waals surface area contributed by atoms with Crippen LogP contribution in [0, 0.1) is 0 Å². The normalized spacial score (nSPS) is 27.2. The van der Waals surface area contributed by atoms with E-state index in [0.717, 1.165) is 24.3 Å². The molecule has 3 heterocycles. The number of hydrogen-bond donors (Lipinski definition) is 1. The number of benzene rings is 2. The van der Waals surface area contributed by atoms with Crippen molar-refractivity contribution in [1.29, 1.82) is 0 Å². The van der Waals surface area contributed by atoms with E-state index in [9.17, 15) is 0 Å². The van der Waals surface area contributed by atoms with Gasteiger partial charge in [0.15, 0.2) is 0 Å². The Balaban J connectivity index is 1.22. The smallest absolute Gasteiger partial charge is 0.0705 e. The summed E-state index contributed by atoms with van der Waals surface area (Å²) in [5, 5.41) is 4.87. The molecule has 2 bridgehead atoms. The number of fused-ring (bicyclic) bond motifs is 3. The van der Waals surface area contributed by atoms with Crippen LogP contribution >= 0.6 is 0 Å². The van der Waals surface area contributed by atoms with Gasteiger partial charge in [-0.1, -0.05) is 54.6 Å². The molecule has 1 aromatic heterocycles. The van der Waals surface area contributed by atoms with Gasteiger partial charge in [0.1, 0.15) is 0 Å². The summed E-state index contributed by atoms with van der Waals surface area (Å²) in [4.78, 5) is 7.45. The average Bonchev–Trinajstić information content (AvgIpc) is 3.29. The number of para-hydroxylation sites is 1. The highest BCUT2D eigenvalue weighted by atomic mass is 15.2. The third kappa shape index (κ3) is 2.81. The zero-order chi connectivity index (χ0) is 17.4. The van der Waals surface area contributed by atoms with Crippen LogP contribution < -0.4 is 5.32 Å². The average molecular weight is 343 g/mol. The third-order valence-corrected chi connectivity index (χ3v) is 6.25. The van der Waals surface area contributed by atoms with E-state index < -0.39 is 0 Å². The molecule has 3 heteroatoms. The van der Waals surface area contributed by atoms with Crippen molar-refractivity contribution < 1.29 is 0 Å². The fourth-order valence-corrected chi connectivity index (χ4v) is 4.88. The van der Waals surface area contributed by atoms with Gasteiger partial charge in [0.25, 0.3) is 0 Å². The Morgan fingerprint density at radius 1 is 1.00 bits per heavy atom. The Bertz CT molecular complexity index is 907. The zero-order valence-corrected chi connectivity index (χ0v) is 15.1. The van der Waals surface area contributed by atoms with E-state index in [4.69, 9.17) is 4.98 Å². The second kappa shape index (κ2) is 6.49. The van der Waals surface area contributed by atoms with Crippen molar-refractivity contribution >= 4 is 10.9 Å². The van der Waals surface area contributed by atoms with Crippen LogP contribution in [0.1, 0.15) is 24.1 Å². The van der Waals surface area contributed by atoms with E-state index in [1.54, 1.807) is 0 Å². The topological polar surface area (TPSA) is 28.2 Å². The second-order valence-electron chi connectivity index (χ2n) is 7.85. The first-order valence-corrected chi connectivity index (χ1v) is 9.67. The van der Waals surface area contributed by atoms with Gasteiger partial charge in [-0.05, 0) is 37.1 Å². The fourth-order valence-electron chi connectivity index (χ4n) is 4.88. The monoisotopic (exact) mass is 343 g/mol. The third-order valence-electron chi connectivity index (χ3n) is 6.25. The van der Waals surface area contributed by atoms with Gasteiger partial charge in [-0.2, -0.15) is 0 Å². The van der Waals surface area contributed by atoms with Crippen LogP contribution in [0.5, 0.6) is 0 Å². The summed E-state index contributed by atoms with van der Waals surface area (Å²) in [5.74, 6) is 0. The van der Waals surface area contributed by atoms with E-state index in [1.165, 1.54) is 36.9 Å². The standard InChI is InChI=1S/C23H25N3/c1-2-7-19(8-3-1)23-12-13-26(17-23)21(14-23)16-24-15-20-11-10-18-6-4-5-9-22(18)25-20/h1-11,21,24H,12-17H2. The molecule has 2 saturated heterocycles. The van der Waals surface area contributed by atoms with Crippen molar-refractivity contribution in [3.63, 3.8) is 0 Å². The van der Waals surface area contributed by atoms with Gasteiger partial charge < -0.3 is 5.32 Å². The molecular weight excluding hydrogens is 318 g/mol. The van der Waals surface area contributed by atoms with E-state index in [0.29, 0.717) is 11.5 Å². The first-order valence-electron chi connectivity index (χ1n) is 9.67. The minimum atomic E-state index is 0.384. The van der Waals surface area contributed by atoms with E-state index in [2.05, 4.69) is 76.9 Å². The molecule has 1 N–H and O–H groups in total. The molecule has 3 unspecified atom stereocenters. The highest BCUT2D eigenvalue weighted by Crippen LogP contribution is 2.46. The summed E-state index contributed by atoms with van der Waals surface area (Å²) in [6.45, 7) is 4.34. The minimum Gasteiger partial charge on any atom is -0.310 e. The number of nitrogens with one attached hydrogen (secondary N) is 1. The van der Waals surface area contributed by atoms with Gasteiger partial charge >= 0.3 is 0 Å². The molecule has 2 fully saturated rings. The van der Waals surface area contributed by atoms with E-state index in [-0.39, 0.29) is 0 Å². The van der Waals surface area contributed by atoms with Crippen LogP contribution in [-0.4, -0.2) is 35.6 Å². The second-order valence-corrected chi connectivity index (χ2v) is 7.85. The van der Waals surface area contributed by atoms with Crippen LogP contribution in [0.2, 0.25) is 0 Å². The van der Waals surface area contributed by atoms with Gasteiger partial charge in [0, 0.05) is 36.5 Å². The Kier molecular flexibility index (Phi) is 3.99. The number of nitrogens with zero attached hydrogens (tertiary/aromatic N) is 2. The number of aromatic nitrogens is 1. The Morgan fingerprint density at radius 3 is 2.77 bits per heavy atom. The van der Waals surface area contributed by atoms with Crippen molar-refractivity contribution in [1.82, 2.24) is 15.2 Å². The highest BCUT2D eigenvalue weighted by Gasteiger charge is 2.49.